The van der Waals surface area contributed by atoms with Crippen molar-refractivity contribution in [3.8, 4) is 5.75 Å². The van der Waals surface area contributed by atoms with Gasteiger partial charge in [0.15, 0.2) is 0 Å². The summed E-state index contributed by atoms with van der Waals surface area (Å²) in [5, 5.41) is 0. The van der Waals surface area contributed by atoms with Gasteiger partial charge in [-0.05, 0) is 62.7 Å². The highest BCUT2D eigenvalue weighted by atomic mass is 32.2. The molecule has 2 aromatic rings. The van der Waals surface area contributed by atoms with Crippen LogP contribution < -0.4 is 9.46 Å². The monoisotopic (exact) mass is 337 g/mol. The number of hydrogen-bond donors (Lipinski definition) is 1. The molecule has 2 rings (SSSR count). The van der Waals surface area contributed by atoms with Gasteiger partial charge in [-0.15, -0.1) is 0 Å². The molecule has 0 unspecified atom stereocenters. The first kappa shape index (κ1) is 17.4. The summed E-state index contributed by atoms with van der Waals surface area (Å²) < 4.78 is 46.0. The average molecular weight is 337 g/mol. The highest BCUT2D eigenvalue weighted by Crippen LogP contribution is 2.24. The van der Waals surface area contributed by atoms with E-state index in [1.807, 2.05) is 6.92 Å². The molecular weight excluding hydrogens is 317 g/mol. The Morgan fingerprint density at radius 1 is 1.04 bits per heavy atom. The van der Waals surface area contributed by atoms with Gasteiger partial charge < -0.3 is 4.74 Å². The zero-order valence-electron chi connectivity index (χ0n) is 13.3. The second-order valence-electron chi connectivity index (χ2n) is 5.64. The van der Waals surface area contributed by atoms with Crippen molar-refractivity contribution in [3.05, 3.63) is 59.9 Å². The highest BCUT2D eigenvalue weighted by Gasteiger charge is 2.28. The van der Waals surface area contributed by atoms with Gasteiger partial charge in [0.1, 0.15) is 11.6 Å². The van der Waals surface area contributed by atoms with Crippen LogP contribution in [0.5, 0.6) is 5.75 Å². The van der Waals surface area contributed by atoms with Gasteiger partial charge in [-0.25, -0.2) is 17.5 Å². The summed E-state index contributed by atoms with van der Waals surface area (Å²) in [6.07, 6.45) is 0. The lowest BCUT2D eigenvalue weighted by Gasteiger charge is -2.26. The van der Waals surface area contributed by atoms with Gasteiger partial charge in [0.2, 0.25) is 10.0 Å². The van der Waals surface area contributed by atoms with E-state index in [0.717, 1.165) is 0 Å². The number of ether oxygens (including phenoxy) is 1. The van der Waals surface area contributed by atoms with Gasteiger partial charge in [0, 0.05) is 0 Å². The van der Waals surface area contributed by atoms with E-state index >= 15 is 0 Å². The van der Waals surface area contributed by atoms with Crippen LogP contribution in [-0.4, -0.2) is 15.0 Å². The molecule has 0 radical (unpaired) electrons. The molecule has 0 fully saturated rings. The van der Waals surface area contributed by atoms with Gasteiger partial charge in [-0.2, -0.15) is 0 Å². The third-order valence-corrected chi connectivity index (χ3v) is 5.07. The van der Waals surface area contributed by atoms with Crippen molar-refractivity contribution in [1.29, 1.82) is 0 Å². The molecular formula is C17H20FNO3S. The quantitative estimate of drug-likeness (QED) is 0.878. The number of sulfonamides is 1. The number of benzene rings is 2. The maximum Gasteiger partial charge on any atom is 0.241 e. The molecule has 124 valence electrons. The molecule has 0 aliphatic carbocycles. The van der Waals surface area contributed by atoms with Crippen molar-refractivity contribution in [2.24, 2.45) is 0 Å². The smallest absolute Gasteiger partial charge is 0.241 e. The minimum absolute atomic E-state index is 0.149. The molecule has 0 saturated heterocycles. The lowest BCUT2D eigenvalue weighted by Crippen LogP contribution is -2.40. The van der Waals surface area contributed by atoms with Gasteiger partial charge in [-0.1, -0.05) is 12.1 Å². The van der Waals surface area contributed by atoms with Crippen LogP contribution in [-0.2, 0) is 15.6 Å². The summed E-state index contributed by atoms with van der Waals surface area (Å²) in [7, 11) is -3.71. The van der Waals surface area contributed by atoms with E-state index in [1.165, 1.54) is 24.3 Å². The van der Waals surface area contributed by atoms with E-state index in [-0.39, 0.29) is 10.7 Å². The molecule has 4 nitrogen and oxygen atoms in total. The van der Waals surface area contributed by atoms with E-state index in [1.54, 1.807) is 38.1 Å². The minimum Gasteiger partial charge on any atom is -0.494 e. The van der Waals surface area contributed by atoms with Crippen molar-refractivity contribution in [1.82, 2.24) is 4.72 Å². The Morgan fingerprint density at radius 3 is 2.13 bits per heavy atom. The first-order valence-electron chi connectivity index (χ1n) is 7.27. The van der Waals surface area contributed by atoms with Crippen LogP contribution >= 0.6 is 0 Å². The first-order chi connectivity index (χ1) is 10.7. The van der Waals surface area contributed by atoms with Crippen LogP contribution in [0.2, 0.25) is 0 Å². The van der Waals surface area contributed by atoms with Crippen LogP contribution in [0.4, 0.5) is 4.39 Å². The third kappa shape index (κ3) is 4.30. The molecule has 0 atom stereocenters. The Morgan fingerprint density at radius 2 is 1.61 bits per heavy atom. The minimum atomic E-state index is -3.71. The average Bonchev–Trinajstić information content (AvgIpc) is 2.47. The van der Waals surface area contributed by atoms with E-state index in [0.29, 0.717) is 17.9 Å². The van der Waals surface area contributed by atoms with E-state index in [9.17, 15) is 12.8 Å². The van der Waals surface area contributed by atoms with Crippen LogP contribution in [0.25, 0.3) is 0 Å². The van der Waals surface area contributed by atoms with Crippen LogP contribution in [0.1, 0.15) is 26.3 Å². The van der Waals surface area contributed by atoms with E-state index in [2.05, 4.69) is 4.72 Å². The second kappa shape index (κ2) is 6.68. The fraction of sp³-hybridized carbons (Fsp3) is 0.294. The van der Waals surface area contributed by atoms with E-state index in [4.69, 9.17) is 4.74 Å². The summed E-state index contributed by atoms with van der Waals surface area (Å²) in [4.78, 5) is 0.149. The predicted molar refractivity (Wildman–Crippen MR) is 87.4 cm³/mol. The Kier molecular flexibility index (Phi) is 5.06. The Bertz CT molecular complexity index is 753. The molecule has 23 heavy (non-hydrogen) atoms. The molecule has 6 heteroatoms. The van der Waals surface area contributed by atoms with Gasteiger partial charge in [0.05, 0.1) is 17.0 Å². The second-order valence-corrected chi connectivity index (χ2v) is 7.32. The fourth-order valence-corrected chi connectivity index (χ4v) is 3.60. The van der Waals surface area contributed by atoms with Gasteiger partial charge in [-0.3, -0.25) is 0 Å². The lowest BCUT2D eigenvalue weighted by molar-refractivity contribution is 0.340. The van der Waals surface area contributed by atoms with Crippen molar-refractivity contribution in [3.63, 3.8) is 0 Å². The zero-order valence-corrected chi connectivity index (χ0v) is 14.2. The number of rotatable bonds is 6. The van der Waals surface area contributed by atoms with Crippen LogP contribution in [0.15, 0.2) is 53.4 Å². The topological polar surface area (TPSA) is 55.4 Å². The fourth-order valence-electron chi connectivity index (χ4n) is 2.20. The molecule has 2 aromatic carbocycles. The Hall–Kier alpha value is -1.92. The van der Waals surface area contributed by atoms with Crippen molar-refractivity contribution < 1.29 is 17.5 Å². The summed E-state index contributed by atoms with van der Waals surface area (Å²) in [6, 6.07) is 12.0. The predicted octanol–water partition coefficient (Wildman–Crippen LogP) is 3.44. The number of nitrogens with one attached hydrogen (secondary N) is 1. The zero-order chi connectivity index (χ0) is 17.1. The molecule has 0 aromatic heterocycles. The normalized spacial score (nSPS) is 12.2. The van der Waals surface area contributed by atoms with Crippen molar-refractivity contribution in [2.45, 2.75) is 31.2 Å². The van der Waals surface area contributed by atoms with Crippen LogP contribution in [0, 0.1) is 5.82 Å². The maximum atomic E-state index is 13.0. The van der Waals surface area contributed by atoms with Gasteiger partial charge >= 0.3 is 0 Å². The highest BCUT2D eigenvalue weighted by molar-refractivity contribution is 7.89. The van der Waals surface area contributed by atoms with E-state index < -0.39 is 15.6 Å². The molecule has 1 N–H and O–H groups in total. The molecule has 0 aliphatic heterocycles. The Labute approximate surface area is 136 Å². The molecule has 0 bridgehead atoms. The summed E-state index contributed by atoms with van der Waals surface area (Å²) in [5.41, 5.74) is -0.195. The Balaban J connectivity index is 2.24. The van der Waals surface area contributed by atoms with Crippen molar-refractivity contribution >= 4 is 10.0 Å². The standard InChI is InChI=1S/C17H20FNO3S/c1-4-22-15-9-11-16(12-10-15)23(20,21)19-17(2,3)13-5-7-14(18)8-6-13/h5-12,19H,4H2,1-3H3. The molecule has 0 heterocycles. The third-order valence-electron chi connectivity index (χ3n) is 3.40. The maximum absolute atomic E-state index is 13.0. The molecule has 0 aliphatic rings. The summed E-state index contributed by atoms with van der Waals surface area (Å²) in [6.45, 7) is 5.83. The molecule has 0 amide bonds. The lowest BCUT2D eigenvalue weighted by atomic mass is 9.96. The largest absolute Gasteiger partial charge is 0.494 e. The molecule has 0 spiro atoms. The summed E-state index contributed by atoms with van der Waals surface area (Å²) in [5.74, 6) is 0.253. The first-order valence-corrected chi connectivity index (χ1v) is 8.76. The van der Waals surface area contributed by atoms with Crippen molar-refractivity contribution in [2.75, 3.05) is 6.61 Å². The summed E-state index contributed by atoms with van der Waals surface area (Å²) >= 11 is 0. The number of halogens is 1. The van der Waals surface area contributed by atoms with Gasteiger partial charge in [0.25, 0.3) is 0 Å². The SMILES string of the molecule is CCOc1ccc(S(=O)(=O)NC(C)(C)c2ccc(F)cc2)cc1. The number of hydrogen-bond acceptors (Lipinski definition) is 3. The van der Waals surface area contributed by atoms with Crippen LogP contribution in [0.3, 0.4) is 0 Å². The molecule has 0 saturated carbocycles.